The standard InChI is InChI=1S/C37H53N3O7/c1-10-23(2)30(39-35(45)47-37(7,8)9)33(43)40(27-17-14-18-27)31(26-19-20-29(41)24(3)21-26)32(42)38-28(34(44)46-36(4,5)6)22-25-15-12-11-13-16-25/h11-13,15-16,19-21,23,27-28,30-31,41H,10,14,17-18,22H2,1-9H3,(H,38,42)(H,39,45). The van der Waals surface area contributed by atoms with Gasteiger partial charge in [0.05, 0.1) is 0 Å². The van der Waals surface area contributed by atoms with Crippen molar-refractivity contribution in [1.82, 2.24) is 15.5 Å². The minimum atomic E-state index is -1.17. The minimum absolute atomic E-state index is 0.0502. The summed E-state index contributed by atoms with van der Waals surface area (Å²) in [6.07, 6.45) is 2.25. The number of nitrogens with one attached hydrogen (secondary N) is 2. The summed E-state index contributed by atoms with van der Waals surface area (Å²) in [5.74, 6) is -1.81. The second kappa shape index (κ2) is 15.7. The molecule has 1 saturated carbocycles. The van der Waals surface area contributed by atoms with E-state index in [0.29, 0.717) is 30.4 Å². The highest BCUT2D eigenvalue weighted by Crippen LogP contribution is 2.36. The fourth-order valence-electron chi connectivity index (χ4n) is 5.41. The second-order valence-corrected chi connectivity index (χ2v) is 14.6. The molecule has 3 rings (SSSR count). The van der Waals surface area contributed by atoms with Crippen LogP contribution in [-0.4, -0.2) is 63.2 Å². The molecular weight excluding hydrogens is 598 g/mol. The van der Waals surface area contributed by atoms with Crippen molar-refractivity contribution >= 4 is 23.9 Å². The molecule has 47 heavy (non-hydrogen) atoms. The van der Waals surface area contributed by atoms with E-state index < -0.39 is 53.2 Å². The molecule has 0 spiro atoms. The molecule has 2 aromatic carbocycles. The third kappa shape index (κ3) is 10.7. The summed E-state index contributed by atoms with van der Waals surface area (Å²) >= 11 is 0. The smallest absolute Gasteiger partial charge is 0.408 e. The summed E-state index contributed by atoms with van der Waals surface area (Å²) in [7, 11) is 0. The third-order valence-corrected chi connectivity index (χ3v) is 8.23. The molecule has 0 aliphatic heterocycles. The van der Waals surface area contributed by atoms with E-state index in [1.165, 1.54) is 6.07 Å². The van der Waals surface area contributed by atoms with Crippen molar-refractivity contribution in [2.24, 2.45) is 5.92 Å². The molecule has 10 nitrogen and oxygen atoms in total. The van der Waals surface area contributed by atoms with Gasteiger partial charge in [-0.25, -0.2) is 9.59 Å². The molecule has 4 atom stereocenters. The molecule has 3 N–H and O–H groups in total. The molecule has 0 saturated heterocycles. The zero-order valence-electron chi connectivity index (χ0n) is 29.4. The zero-order valence-corrected chi connectivity index (χ0v) is 29.4. The van der Waals surface area contributed by atoms with E-state index in [1.54, 1.807) is 65.5 Å². The first-order valence-corrected chi connectivity index (χ1v) is 16.6. The zero-order chi connectivity index (χ0) is 35.1. The number of amides is 3. The van der Waals surface area contributed by atoms with Gasteiger partial charge in [0, 0.05) is 12.5 Å². The van der Waals surface area contributed by atoms with Crippen LogP contribution in [0.4, 0.5) is 4.79 Å². The number of aryl methyl sites for hydroxylation is 1. The number of nitrogens with zero attached hydrogens (tertiary/aromatic N) is 1. The first kappa shape index (κ1) is 37.4. The molecule has 0 radical (unpaired) electrons. The number of hydrogen-bond acceptors (Lipinski definition) is 7. The Kier molecular flexibility index (Phi) is 12.5. The van der Waals surface area contributed by atoms with Gasteiger partial charge in [0.1, 0.15) is 35.1 Å². The van der Waals surface area contributed by atoms with Crippen molar-refractivity contribution in [1.29, 1.82) is 0 Å². The number of esters is 1. The van der Waals surface area contributed by atoms with Crippen LogP contribution in [0.3, 0.4) is 0 Å². The van der Waals surface area contributed by atoms with Crippen molar-refractivity contribution in [2.45, 2.75) is 130 Å². The number of phenols is 1. The Balaban J connectivity index is 2.10. The molecule has 0 heterocycles. The SMILES string of the molecule is CCC(C)C(NC(=O)OC(C)(C)C)C(=O)N(C1CCC1)C(C(=O)NC(Cc1ccccc1)C(=O)OC(C)(C)C)c1ccc(O)c(C)c1. The summed E-state index contributed by atoms with van der Waals surface area (Å²) in [5, 5.41) is 16.1. The predicted octanol–water partition coefficient (Wildman–Crippen LogP) is 6.13. The molecule has 258 valence electrons. The van der Waals surface area contributed by atoms with E-state index in [9.17, 15) is 24.3 Å². The normalized spacial score (nSPS) is 16.1. The number of hydrogen-bond donors (Lipinski definition) is 3. The number of carbonyl (C=O) groups is 4. The average Bonchev–Trinajstić information content (AvgIpc) is 2.94. The highest BCUT2D eigenvalue weighted by atomic mass is 16.6. The van der Waals surface area contributed by atoms with Crippen molar-refractivity contribution in [3.8, 4) is 5.75 Å². The number of rotatable bonds is 12. The maximum absolute atomic E-state index is 14.7. The molecule has 0 bridgehead atoms. The van der Waals surface area contributed by atoms with E-state index >= 15 is 0 Å². The quantitative estimate of drug-likeness (QED) is 0.235. The van der Waals surface area contributed by atoms with E-state index in [0.717, 1.165) is 12.0 Å². The number of aromatic hydroxyl groups is 1. The Labute approximate surface area is 279 Å². The van der Waals surface area contributed by atoms with Gasteiger partial charge >= 0.3 is 12.1 Å². The van der Waals surface area contributed by atoms with E-state index in [1.807, 2.05) is 44.2 Å². The van der Waals surface area contributed by atoms with Crippen molar-refractivity contribution in [3.63, 3.8) is 0 Å². The molecule has 0 aromatic heterocycles. The summed E-state index contributed by atoms with van der Waals surface area (Å²) in [4.78, 5) is 57.3. The van der Waals surface area contributed by atoms with E-state index in [4.69, 9.17) is 9.47 Å². The Morgan fingerprint density at radius 1 is 0.936 bits per heavy atom. The summed E-state index contributed by atoms with van der Waals surface area (Å²) in [6, 6.07) is 10.6. The minimum Gasteiger partial charge on any atom is -0.508 e. The Bertz CT molecular complexity index is 1390. The first-order valence-electron chi connectivity index (χ1n) is 16.6. The maximum atomic E-state index is 14.7. The van der Waals surface area contributed by atoms with E-state index in [2.05, 4.69) is 10.6 Å². The first-order chi connectivity index (χ1) is 21.9. The third-order valence-electron chi connectivity index (χ3n) is 8.23. The Morgan fingerprint density at radius 2 is 1.55 bits per heavy atom. The Hall–Kier alpha value is -4.08. The average molecular weight is 652 g/mol. The van der Waals surface area contributed by atoms with Crippen LogP contribution in [0, 0.1) is 12.8 Å². The molecule has 10 heteroatoms. The van der Waals surface area contributed by atoms with Crippen molar-refractivity contribution < 1.29 is 33.8 Å². The van der Waals surface area contributed by atoms with Gasteiger partial charge in [-0.15, -0.1) is 0 Å². The molecule has 3 amide bonds. The molecule has 4 unspecified atom stereocenters. The summed E-state index contributed by atoms with van der Waals surface area (Å²) in [6.45, 7) is 16.0. The molecule has 1 aliphatic rings. The van der Waals surface area contributed by atoms with Gasteiger partial charge in [0.15, 0.2) is 0 Å². The van der Waals surface area contributed by atoms with Crippen LogP contribution in [-0.2, 0) is 30.3 Å². The van der Waals surface area contributed by atoms with Gasteiger partial charge < -0.3 is 30.1 Å². The van der Waals surface area contributed by atoms with Crippen molar-refractivity contribution in [2.75, 3.05) is 0 Å². The lowest BCUT2D eigenvalue weighted by atomic mass is 9.86. The number of ether oxygens (including phenoxy) is 2. The number of phenolic OH excluding ortho intramolecular Hbond substituents is 1. The molecular formula is C37H53N3O7. The molecule has 1 aliphatic carbocycles. The number of carbonyl (C=O) groups excluding carboxylic acids is 4. The summed E-state index contributed by atoms with van der Waals surface area (Å²) in [5.41, 5.74) is 0.253. The lowest BCUT2D eigenvalue weighted by Crippen LogP contribution is -2.60. The highest BCUT2D eigenvalue weighted by molar-refractivity contribution is 5.94. The van der Waals surface area contributed by atoms with Crippen LogP contribution in [0.15, 0.2) is 48.5 Å². The van der Waals surface area contributed by atoms with Crippen LogP contribution in [0.1, 0.15) is 104 Å². The lowest BCUT2D eigenvalue weighted by Gasteiger charge is -2.44. The van der Waals surface area contributed by atoms with Gasteiger partial charge in [0.2, 0.25) is 11.8 Å². The van der Waals surface area contributed by atoms with Gasteiger partial charge in [-0.1, -0.05) is 56.7 Å². The van der Waals surface area contributed by atoms with Crippen LogP contribution in [0.25, 0.3) is 0 Å². The van der Waals surface area contributed by atoms with E-state index in [-0.39, 0.29) is 24.1 Å². The lowest BCUT2D eigenvalue weighted by molar-refractivity contribution is -0.159. The van der Waals surface area contributed by atoms with Crippen LogP contribution in [0.5, 0.6) is 5.75 Å². The second-order valence-electron chi connectivity index (χ2n) is 14.6. The van der Waals surface area contributed by atoms with Crippen LogP contribution in [0.2, 0.25) is 0 Å². The highest BCUT2D eigenvalue weighted by Gasteiger charge is 2.44. The van der Waals surface area contributed by atoms with Gasteiger partial charge in [-0.3, -0.25) is 9.59 Å². The predicted molar refractivity (Wildman–Crippen MR) is 181 cm³/mol. The van der Waals surface area contributed by atoms with Crippen LogP contribution < -0.4 is 10.6 Å². The maximum Gasteiger partial charge on any atom is 0.408 e. The van der Waals surface area contributed by atoms with Crippen molar-refractivity contribution in [3.05, 3.63) is 65.2 Å². The molecule has 2 aromatic rings. The summed E-state index contributed by atoms with van der Waals surface area (Å²) < 4.78 is 11.2. The monoisotopic (exact) mass is 651 g/mol. The van der Waals surface area contributed by atoms with Gasteiger partial charge in [-0.2, -0.15) is 0 Å². The van der Waals surface area contributed by atoms with Gasteiger partial charge in [-0.05, 0) is 102 Å². The largest absolute Gasteiger partial charge is 0.508 e. The Morgan fingerprint density at radius 3 is 2.06 bits per heavy atom. The van der Waals surface area contributed by atoms with Crippen LogP contribution >= 0.6 is 0 Å². The number of alkyl carbamates (subject to hydrolysis) is 1. The number of benzene rings is 2. The molecule has 1 fully saturated rings. The fourth-order valence-corrected chi connectivity index (χ4v) is 5.41. The van der Waals surface area contributed by atoms with Gasteiger partial charge in [0.25, 0.3) is 0 Å². The fraction of sp³-hybridized carbons (Fsp3) is 0.568. The topological polar surface area (TPSA) is 134 Å².